The summed E-state index contributed by atoms with van der Waals surface area (Å²) in [6.07, 6.45) is 1.90. The average Bonchev–Trinajstić information content (AvgIpc) is 2.87. The quantitative estimate of drug-likeness (QED) is 0.496. The molecule has 0 aliphatic carbocycles. The van der Waals surface area contributed by atoms with Crippen LogP contribution in [0.2, 0.25) is 0 Å². The largest absolute Gasteiger partial charge is 0.318 e. The molecule has 2 nitrogen and oxygen atoms in total. The molecule has 0 fully saturated rings. The number of nitrogens with zero attached hydrogens (tertiary/aromatic N) is 2. The summed E-state index contributed by atoms with van der Waals surface area (Å²) in [5.41, 5.74) is 6.57. The number of hydrogen-bond acceptors (Lipinski definition) is 1. The van der Waals surface area contributed by atoms with Gasteiger partial charge in [0, 0.05) is 28.9 Å². The highest BCUT2D eigenvalue weighted by molar-refractivity contribution is 5.84. The van der Waals surface area contributed by atoms with E-state index in [1.54, 1.807) is 12.1 Å². The Hall–Kier alpha value is -2.68. The second-order valence-corrected chi connectivity index (χ2v) is 7.69. The van der Waals surface area contributed by atoms with Crippen LogP contribution in [0.1, 0.15) is 43.3 Å². The van der Waals surface area contributed by atoms with Gasteiger partial charge >= 0.3 is 0 Å². The van der Waals surface area contributed by atoms with Gasteiger partial charge in [0.05, 0.1) is 5.69 Å². The molecular weight excluding hydrogens is 323 g/mol. The molecule has 2 aromatic carbocycles. The highest BCUT2D eigenvalue weighted by Gasteiger charge is 2.13. The van der Waals surface area contributed by atoms with Crippen molar-refractivity contribution in [3.8, 4) is 5.69 Å². The second-order valence-electron chi connectivity index (χ2n) is 7.69. The van der Waals surface area contributed by atoms with Crippen LogP contribution in [-0.4, -0.2) is 10.8 Å². The Labute approximate surface area is 155 Å². The monoisotopic (exact) mass is 348 g/mol. The van der Waals surface area contributed by atoms with Crippen LogP contribution in [0.5, 0.6) is 0 Å². The van der Waals surface area contributed by atoms with E-state index < -0.39 is 0 Å². The first kappa shape index (κ1) is 18.1. The number of rotatable bonds is 3. The molecule has 1 aromatic heterocycles. The Morgan fingerprint density at radius 3 is 2.12 bits per heavy atom. The maximum absolute atomic E-state index is 13.2. The first-order valence-electron chi connectivity index (χ1n) is 8.85. The SMILES string of the molecule is Cc1cc(C=Nc2ccc(C(C)(C)C)cc2)c(C)n1-c1ccc(F)cc1. The number of benzene rings is 2. The minimum Gasteiger partial charge on any atom is -0.318 e. The number of aryl methyl sites for hydroxylation is 1. The lowest BCUT2D eigenvalue weighted by Crippen LogP contribution is -2.10. The van der Waals surface area contributed by atoms with Gasteiger partial charge in [-0.1, -0.05) is 32.9 Å². The molecular formula is C23H25FN2. The topological polar surface area (TPSA) is 17.3 Å². The summed E-state index contributed by atoms with van der Waals surface area (Å²) in [6, 6.07) is 17.0. The maximum atomic E-state index is 13.2. The van der Waals surface area contributed by atoms with Crippen LogP contribution in [0.15, 0.2) is 59.6 Å². The molecule has 3 rings (SSSR count). The van der Waals surface area contributed by atoms with Gasteiger partial charge in [-0.25, -0.2) is 4.39 Å². The molecule has 0 radical (unpaired) electrons. The molecule has 0 spiro atoms. The molecule has 1 heterocycles. The molecule has 3 aromatic rings. The fourth-order valence-electron chi connectivity index (χ4n) is 3.10. The first-order valence-corrected chi connectivity index (χ1v) is 8.85. The van der Waals surface area contributed by atoms with Crippen molar-refractivity contribution in [3.05, 3.63) is 82.9 Å². The van der Waals surface area contributed by atoms with Crippen LogP contribution >= 0.6 is 0 Å². The van der Waals surface area contributed by atoms with Crippen LogP contribution in [0.4, 0.5) is 10.1 Å². The molecule has 0 bridgehead atoms. The van der Waals surface area contributed by atoms with E-state index in [9.17, 15) is 4.39 Å². The van der Waals surface area contributed by atoms with Crippen molar-refractivity contribution in [3.63, 3.8) is 0 Å². The van der Waals surface area contributed by atoms with Gasteiger partial charge in [-0.2, -0.15) is 0 Å². The molecule has 26 heavy (non-hydrogen) atoms. The fourth-order valence-corrected chi connectivity index (χ4v) is 3.10. The zero-order valence-corrected chi connectivity index (χ0v) is 16.0. The average molecular weight is 348 g/mol. The minimum absolute atomic E-state index is 0.141. The van der Waals surface area contributed by atoms with E-state index in [2.05, 4.69) is 67.6 Å². The van der Waals surface area contributed by atoms with E-state index in [4.69, 9.17) is 0 Å². The van der Waals surface area contributed by atoms with Crippen molar-refractivity contribution in [1.29, 1.82) is 0 Å². The molecule has 0 saturated heterocycles. The molecule has 0 saturated carbocycles. The van der Waals surface area contributed by atoms with Crippen molar-refractivity contribution in [2.45, 2.75) is 40.0 Å². The van der Waals surface area contributed by atoms with Crippen LogP contribution in [-0.2, 0) is 5.41 Å². The summed E-state index contributed by atoms with van der Waals surface area (Å²) in [5, 5.41) is 0. The highest BCUT2D eigenvalue weighted by atomic mass is 19.1. The van der Waals surface area contributed by atoms with Crippen LogP contribution in [0.25, 0.3) is 5.69 Å². The van der Waals surface area contributed by atoms with Crippen LogP contribution < -0.4 is 0 Å². The number of aromatic nitrogens is 1. The summed E-state index contributed by atoms with van der Waals surface area (Å²) in [7, 11) is 0. The molecule has 0 aliphatic heterocycles. The van der Waals surface area contributed by atoms with Gasteiger partial charge in [-0.3, -0.25) is 4.99 Å². The van der Waals surface area contributed by atoms with Gasteiger partial charge in [0.2, 0.25) is 0 Å². The molecule has 0 amide bonds. The summed E-state index contributed by atoms with van der Waals surface area (Å²) in [5.74, 6) is -0.225. The second kappa shape index (κ2) is 6.91. The molecule has 134 valence electrons. The van der Waals surface area contributed by atoms with Crippen molar-refractivity contribution in [1.82, 2.24) is 4.57 Å². The summed E-state index contributed by atoms with van der Waals surface area (Å²) < 4.78 is 15.3. The highest BCUT2D eigenvalue weighted by Crippen LogP contribution is 2.25. The number of halogens is 1. The van der Waals surface area contributed by atoms with Gasteiger partial charge < -0.3 is 4.57 Å². The summed E-state index contributed by atoms with van der Waals surface area (Å²) in [6.45, 7) is 10.7. The van der Waals surface area contributed by atoms with Crippen molar-refractivity contribution < 1.29 is 4.39 Å². The molecule has 3 heteroatoms. The zero-order valence-electron chi connectivity index (χ0n) is 16.0. The predicted molar refractivity (Wildman–Crippen MR) is 108 cm³/mol. The van der Waals surface area contributed by atoms with E-state index in [1.807, 2.05) is 13.1 Å². The summed E-state index contributed by atoms with van der Waals surface area (Å²) in [4.78, 5) is 4.62. The van der Waals surface area contributed by atoms with Crippen molar-refractivity contribution in [2.75, 3.05) is 0 Å². The smallest absolute Gasteiger partial charge is 0.123 e. The Morgan fingerprint density at radius 2 is 1.54 bits per heavy atom. The Kier molecular flexibility index (Phi) is 4.82. The third kappa shape index (κ3) is 3.77. The summed E-state index contributed by atoms with van der Waals surface area (Å²) >= 11 is 0. The van der Waals surface area contributed by atoms with Crippen molar-refractivity contribution in [2.24, 2.45) is 4.99 Å². The van der Waals surface area contributed by atoms with Gasteiger partial charge in [0.1, 0.15) is 5.82 Å². The van der Waals surface area contributed by atoms with Gasteiger partial charge in [0.25, 0.3) is 0 Å². The first-order chi connectivity index (χ1) is 12.3. The standard InChI is InChI=1S/C23H25FN2/c1-16-14-18(17(2)26(16)22-12-8-20(24)9-13-22)15-25-21-10-6-19(7-11-21)23(3,4)5/h6-15H,1-5H3. The van der Waals surface area contributed by atoms with E-state index in [0.717, 1.165) is 28.3 Å². The Morgan fingerprint density at radius 1 is 0.923 bits per heavy atom. The molecule has 0 unspecified atom stereocenters. The third-order valence-corrected chi connectivity index (χ3v) is 4.64. The van der Waals surface area contributed by atoms with E-state index in [0.29, 0.717) is 0 Å². The lowest BCUT2D eigenvalue weighted by atomic mass is 9.87. The zero-order chi connectivity index (χ0) is 18.9. The van der Waals surface area contributed by atoms with Crippen molar-refractivity contribution >= 4 is 11.9 Å². The molecule has 0 N–H and O–H groups in total. The fraction of sp³-hybridized carbons (Fsp3) is 0.261. The van der Waals surface area contributed by atoms with E-state index in [1.165, 1.54) is 17.7 Å². The normalized spacial score (nSPS) is 12.1. The van der Waals surface area contributed by atoms with Gasteiger partial charge in [-0.15, -0.1) is 0 Å². The minimum atomic E-state index is -0.225. The number of hydrogen-bond donors (Lipinski definition) is 0. The number of aliphatic imine (C=N–C) groups is 1. The molecule has 0 aliphatic rings. The predicted octanol–water partition coefficient (Wildman–Crippen LogP) is 6.28. The Bertz CT molecular complexity index is 924. The lowest BCUT2D eigenvalue weighted by molar-refractivity contribution is 0.590. The van der Waals surface area contributed by atoms with E-state index in [-0.39, 0.29) is 11.2 Å². The Balaban J connectivity index is 1.88. The van der Waals surface area contributed by atoms with Crippen LogP contribution in [0.3, 0.4) is 0 Å². The van der Waals surface area contributed by atoms with Crippen LogP contribution in [0, 0.1) is 19.7 Å². The van der Waals surface area contributed by atoms with Gasteiger partial charge in [0.15, 0.2) is 0 Å². The van der Waals surface area contributed by atoms with E-state index >= 15 is 0 Å². The molecule has 0 atom stereocenters. The lowest BCUT2D eigenvalue weighted by Gasteiger charge is -2.18. The third-order valence-electron chi connectivity index (χ3n) is 4.64. The van der Waals surface area contributed by atoms with Gasteiger partial charge in [-0.05, 0) is 67.3 Å². The maximum Gasteiger partial charge on any atom is 0.123 e.